The number of rotatable bonds is 5. The summed E-state index contributed by atoms with van der Waals surface area (Å²) in [5, 5.41) is 5.86. The number of amides is 1. The number of carbonyl (C=O) groups is 1. The lowest BCUT2D eigenvalue weighted by Crippen LogP contribution is -2.42. The van der Waals surface area contributed by atoms with Crippen molar-refractivity contribution in [2.75, 3.05) is 26.2 Å². The van der Waals surface area contributed by atoms with E-state index in [0.29, 0.717) is 13.1 Å². The second-order valence-electron chi connectivity index (χ2n) is 3.96. The van der Waals surface area contributed by atoms with Crippen molar-refractivity contribution in [2.45, 2.75) is 32.3 Å². The summed E-state index contributed by atoms with van der Waals surface area (Å²) in [4.78, 5) is 11.1. The first-order valence-corrected chi connectivity index (χ1v) is 5.28. The minimum Gasteiger partial charge on any atom is -0.374 e. The summed E-state index contributed by atoms with van der Waals surface area (Å²) in [6, 6.07) is 0. The zero-order valence-corrected chi connectivity index (χ0v) is 9.06. The zero-order valence-electron chi connectivity index (χ0n) is 9.06. The van der Waals surface area contributed by atoms with E-state index in [1.165, 1.54) is 0 Å². The molecule has 0 radical (unpaired) electrons. The predicted octanol–water partition coefficient (Wildman–Crippen LogP) is 0.281. The zero-order chi connectivity index (χ0) is 10.4. The second kappa shape index (κ2) is 5.32. The number of carbonyl (C=O) groups excluding carboxylic acids is 1. The van der Waals surface area contributed by atoms with E-state index >= 15 is 0 Å². The van der Waals surface area contributed by atoms with Crippen LogP contribution in [-0.4, -0.2) is 37.7 Å². The van der Waals surface area contributed by atoms with E-state index in [4.69, 9.17) is 4.74 Å². The van der Waals surface area contributed by atoms with Crippen LogP contribution in [0.2, 0.25) is 0 Å². The molecule has 0 aromatic carbocycles. The van der Waals surface area contributed by atoms with Gasteiger partial charge in [-0.2, -0.15) is 0 Å². The average molecular weight is 200 g/mol. The van der Waals surface area contributed by atoms with Crippen molar-refractivity contribution in [3.05, 3.63) is 0 Å². The molecule has 0 aliphatic carbocycles. The predicted molar refractivity (Wildman–Crippen MR) is 55.1 cm³/mol. The van der Waals surface area contributed by atoms with Crippen molar-refractivity contribution in [3.8, 4) is 0 Å². The Morgan fingerprint density at radius 1 is 1.57 bits per heavy atom. The summed E-state index contributed by atoms with van der Waals surface area (Å²) in [5.74, 6) is 0.0501. The largest absolute Gasteiger partial charge is 0.374 e. The third kappa shape index (κ3) is 3.64. The Morgan fingerprint density at radius 2 is 2.36 bits per heavy atom. The first kappa shape index (κ1) is 11.5. The molecule has 1 amide bonds. The van der Waals surface area contributed by atoms with E-state index in [0.717, 1.165) is 26.0 Å². The van der Waals surface area contributed by atoms with Crippen molar-refractivity contribution < 1.29 is 9.53 Å². The molecule has 1 rings (SSSR count). The quantitative estimate of drug-likeness (QED) is 0.670. The Kier molecular flexibility index (Phi) is 4.35. The fourth-order valence-corrected chi connectivity index (χ4v) is 1.68. The van der Waals surface area contributed by atoms with Crippen LogP contribution in [-0.2, 0) is 9.53 Å². The maximum Gasteiger partial charge on any atom is 0.233 e. The summed E-state index contributed by atoms with van der Waals surface area (Å²) >= 11 is 0. The minimum atomic E-state index is -0.0630. The highest BCUT2D eigenvalue weighted by molar-refractivity contribution is 5.77. The van der Waals surface area contributed by atoms with Crippen molar-refractivity contribution in [2.24, 2.45) is 0 Å². The van der Waals surface area contributed by atoms with Gasteiger partial charge in [0.1, 0.15) is 0 Å². The summed E-state index contributed by atoms with van der Waals surface area (Å²) in [6.45, 7) is 6.68. The number of nitrogens with one attached hydrogen (secondary N) is 2. The van der Waals surface area contributed by atoms with Crippen LogP contribution in [0.4, 0.5) is 0 Å². The van der Waals surface area contributed by atoms with Crippen LogP contribution < -0.4 is 10.6 Å². The first-order valence-electron chi connectivity index (χ1n) is 5.28. The molecular formula is C10H20N2O2. The number of hydrogen-bond donors (Lipinski definition) is 2. The number of hydrogen-bond acceptors (Lipinski definition) is 3. The van der Waals surface area contributed by atoms with Gasteiger partial charge in [0.2, 0.25) is 5.91 Å². The van der Waals surface area contributed by atoms with E-state index in [1.54, 1.807) is 0 Å². The van der Waals surface area contributed by atoms with E-state index in [1.807, 2.05) is 6.92 Å². The molecule has 0 saturated carbocycles. The Labute approximate surface area is 85.4 Å². The van der Waals surface area contributed by atoms with Gasteiger partial charge in [-0.1, -0.05) is 0 Å². The van der Waals surface area contributed by atoms with Crippen LogP contribution in [0.5, 0.6) is 0 Å². The summed E-state index contributed by atoms with van der Waals surface area (Å²) in [5.41, 5.74) is -0.0630. The van der Waals surface area contributed by atoms with Crippen molar-refractivity contribution in [3.63, 3.8) is 0 Å². The van der Waals surface area contributed by atoms with Gasteiger partial charge in [0.05, 0.1) is 12.1 Å². The molecule has 1 heterocycles. The van der Waals surface area contributed by atoms with E-state index < -0.39 is 0 Å². The molecule has 1 saturated heterocycles. The lowest BCUT2D eigenvalue weighted by atomic mass is 10.0. The van der Waals surface area contributed by atoms with Gasteiger partial charge in [0.25, 0.3) is 0 Å². The molecule has 1 aliphatic rings. The van der Waals surface area contributed by atoms with Crippen LogP contribution in [0.15, 0.2) is 0 Å². The minimum absolute atomic E-state index is 0.0501. The maximum absolute atomic E-state index is 11.1. The SMILES string of the molecule is CCNC(=O)CNCC1(C)CCCO1. The van der Waals surface area contributed by atoms with Crippen molar-refractivity contribution >= 4 is 5.91 Å². The van der Waals surface area contributed by atoms with Gasteiger partial charge >= 0.3 is 0 Å². The highest BCUT2D eigenvalue weighted by Crippen LogP contribution is 2.23. The van der Waals surface area contributed by atoms with Gasteiger partial charge in [-0.25, -0.2) is 0 Å². The highest BCUT2D eigenvalue weighted by atomic mass is 16.5. The van der Waals surface area contributed by atoms with Gasteiger partial charge in [0.15, 0.2) is 0 Å². The average Bonchev–Trinajstić information content (AvgIpc) is 2.53. The van der Waals surface area contributed by atoms with E-state index in [9.17, 15) is 4.79 Å². The lowest BCUT2D eigenvalue weighted by Gasteiger charge is -2.23. The molecule has 1 atom stereocenters. The second-order valence-corrected chi connectivity index (χ2v) is 3.96. The van der Waals surface area contributed by atoms with Gasteiger partial charge in [-0.15, -0.1) is 0 Å². The first-order chi connectivity index (χ1) is 6.66. The van der Waals surface area contributed by atoms with E-state index in [-0.39, 0.29) is 11.5 Å². The monoisotopic (exact) mass is 200 g/mol. The van der Waals surface area contributed by atoms with Crippen LogP contribution >= 0.6 is 0 Å². The topological polar surface area (TPSA) is 50.4 Å². The van der Waals surface area contributed by atoms with Crippen LogP contribution in [0, 0.1) is 0 Å². The summed E-state index contributed by atoms with van der Waals surface area (Å²) < 4.78 is 5.59. The van der Waals surface area contributed by atoms with Crippen molar-refractivity contribution in [1.82, 2.24) is 10.6 Å². The normalized spacial score (nSPS) is 26.4. The molecule has 1 unspecified atom stereocenters. The van der Waals surface area contributed by atoms with Gasteiger partial charge < -0.3 is 15.4 Å². The standard InChI is InChI=1S/C10H20N2O2/c1-3-12-9(13)7-11-8-10(2)5-4-6-14-10/h11H,3-8H2,1-2H3,(H,12,13). The number of likely N-dealkylation sites (N-methyl/N-ethyl adjacent to an activating group) is 1. The smallest absolute Gasteiger partial charge is 0.233 e. The summed E-state index contributed by atoms with van der Waals surface area (Å²) in [7, 11) is 0. The van der Waals surface area contributed by atoms with Crippen LogP contribution in [0.25, 0.3) is 0 Å². The molecule has 4 nitrogen and oxygen atoms in total. The Bertz CT molecular complexity index is 189. The molecule has 4 heteroatoms. The Hall–Kier alpha value is -0.610. The Morgan fingerprint density at radius 3 is 2.93 bits per heavy atom. The lowest BCUT2D eigenvalue weighted by molar-refractivity contribution is -0.120. The highest BCUT2D eigenvalue weighted by Gasteiger charge is 2.29. The van der Waals surface area contributed by atoms with Crippen molar-refractivity contribution in [1.29, 1.82) is 0 Å². The fourth-order valence-electron chi connectivity index (χ4n) is 1.68. The van der Waals surface area contributed by atoms with Gasteiger partial charge in [-0.3, -0.25) is 4.79 Å². The van der Waals surface area contributed by atoms with E-state index in [2.05, 4.69) is 17.6 Å². The molecule has 0 aromatic rings. The molecule has 82 valence electrons. The van der Waals surface area contributed by atoms with Gasteiger partial charge in [-0.05, 0) is 26.7 Å². The molecule has 0 spiro atoms. The summed E-state index contributed by atoms with van der Waals surface area (Å²) in [6.07, 6.45) is 2.20. The third-order valence-electron chi connectivity index (χ3n) is 2.46. The third-order valence-corrected chi connectivity index (χ3v) is 2.46. The molecule has 0 aromatic heterocycles. The molecule has 0 bridgehead atoms. The Balaban J connectivity index is 2.11. The number of ether oxygens (including phenoxy) is 1. The molecule has 14 heavy (non-hydrogen) atoms. The fraction of sp³-hybridized carbons (Fsp3) is 0.900. The molecule has 1 aliphatic heterocycles. The van der Waals surface area contributed by atoms with Crippen LogP contribution in [0.1, 0.15) is 26.7 Å². The van der Waals surface area contributed by atoms with Gasteiger partial charge in [0, 0.05) is 19.7 Å². The molecule has 1 fully saturated rings. The van der Waals surface area contributed by atoms with Crippen LogP contribution in [0.3, 0.4) is 0 Å². The molecular weight excluding hydrogens is 180 g/mol. The maximum atomic E-state index is 11.1. The molecule has 2 N–H and O–H groups in total.